The number of carbonyl (C=O) groups excluding carboxylic acids is 5. The Bertz CT molecular complexity index is 3530. The Morgan fingerprint density at radius 1 is 0.451 bits per heavy atom. The van der Waals surface area contributed by atoms with Gasteiger partial charge in [0.2, 0.25) is 43.7 Å². The van der Waals surface area contributed by atoms with Gasteiger partial charge in [0.15, 0.2) is 33.6 Å². The Hall–Kier alpha value is -7.63. The Morgan fingerprint density at radius 3 is 0.902 bits per heavy atom. The minimum atomic E-state index is -0.517. The average molecular weight is 1230 g/mol. The van der Waals surface area contributed by atoms with Crippen LogP contribution in [-0.4, -0.2) is 114 Å². The molecule has 9 rings (SSSR count). The van der Waals surface area contributed by atoms with E-state index in [4.69, 9.17) is 13.3 Å². The summed E-state index contributed by atoms with van der Waals surface area (Å²) in [5, 5.41) is 12.2. The zero-order valence-electron chi connectivity index (χ0n) is 47.0. The van der Waals surface area contributed by atoms with Gasteiger partial charge >= 0.3 is 0 Å². The number of anilines is 3. The lowest BCUT2D eigenvalue weighted by Gasteiger charge is -2.05. The minimum absolute atomic E-state index is 0.0457. The van der Waals surface area contributed by atoms with E-state index in [2.05, 4.69) is 44.0 Å². The van der Waals surface area contributed by atoms with Crippen LogP contribution in [0.1, 0.15) is 85.8 Å². The summed E-state index contributed by atoms with van der Waals surface area (Å²) in [6, 6.07) is 14.2. The van der Waals surface area contributed by atoms with Crippen molar-refractivity contribution in [3.05, 3.63) is 136 Å². The highest BCUT2D eigenvalue weighted by atomic mass is 32.2. The summed E-state index contributed by atoms with van der Waals surface area (Å²) >= 11 is 7.74. The van der Waals surface area contributed by atoms with Crippen LogP contribution in [-0.2, 0) is 9.59 Å². The van der Waals surface area contributed by atoms with E-state index < -0.39 is 17.7 Å². The highest BCUT2D eigenvalue weighted by Gasteiger charge is 2.19. The number of amides is 5. The van der Waals surface area contributed by atoms with E-state index in [1.165, 1.54) is 63.3 Å². The number of nitrogens with zero attached hydrogens (tertiary/aromatic N) is 8. The molecule has 28 heteroatoms. The monoisotopic (exact) mass is 1230 g/mol. The molecule has 0 radical (unpaired) electrons. The van der Waals surface area contributed by atoms with Gasteiger partial charge < -0.3 is 23.1 Å². The van der Waals surface area contributed by atoms with Crippen LogP contribution < -0.4 is 32.2 Å². The molecular formula is C54H59N11O11S6. The Balaban J connectivity index is 0.000000208. The van der Waals surface area contributed by atoms with E-state index in [9.17, 15) is 38.4 Å². The van der Waals surface area contributed by atoms with E-state index in [-0.39, 0.29) is 33.6 Å². The second kappa shape index (κ2) is 31.0. The Kier molecular flexibility index (Phi) is 24.6. The van der Waals surface area contributed by atoms with Gasteiger partial charge in [0.05, 0.1) is 16.2 Å². The van der Waals surface area contributed by atoms with Gasteiger partial charge in [0.1, 0.15) is 16.7 Å². The number of hydrogen-bond acceptors (Lipinski definition) is 23. The first-order valence-electron chi connectivity index (χ1n) is 24.7. The van der Waals surface area contributed by atoms with Gasteiger partial charge in [-0.2, -0.15) is 28.1 Å². The van der Waals surface area contributed by atoms with Gasteiger partial charge in [-0.3, -0.25) is 54.3 Å². The Labute approximate surface area is 495 Å². The van der Waals surface area contributed by atoms with Crippen molar-refractivity contribution in [2.75, 3.05) is 61.4 Å². The molecule has 22 nitrogen and oxygen atoms in total. The largest absolute Gasteiger partial charge is 0.451 e. The van der Waals surface area contributed by atoms with Crippen LogP contribution in [0.25, 0.3) is 32.9 Å². The molecule has 0 unspecified atom stereocenters. The summed E-state index contributed by atoms with van der Waals surface area (Å²) in [7, 11) is 6.75. The molecule has 0 aliphatic carbocycles. The molecule has 9 aromatic rings. The van der Waals surface area contributed by atoms with Crippen molar-refractivity contribution in [3.63, 3.8) is 0 Å². The smallest absolute Gasteiger partial charge is 0.293 e. The van der Waals surface area contributed by atoms with E-state index in [0.717, 1.165) is 98.1 Å². The SMILES string of the molecule is CCSc1nsc(NC(=O)c2cc(=O)c3cc(C)c(C)cc3o2)n1.CCSc1nsc(NC(=O)c2cc(=O)c3cc(C)c(C)cc3o2)n1.CCSc1nsc(NC(=O)c2cc(=O)c3cc(C)c(C)cc3o2)n1.CN(C)C=O.CN(C)C=O. The lowest BCUT2D eigenvalue weighted by Crippen LogP contribution is -2.15. The summed E-state index contributed by atoms with van der Waals surface area (Å²) in [6.45, 7) is 17.6. The molecule has 0 aliphatic rings. The quantitative estimate of drug-likeness (QED) is 0.0673. The summed E-state index contributed by atoms with van der Waals surface area (Å²) in [5.41, 5.74) is 6.44. The molecule has 0 saturated carbocycles. The lowest BCUT2D eigenvalue weighted by atomic mass is 10.1. The number of carbonyl (C=O) groups is 5. The molecule has 0 spiro atoms. The third-order valence-electron chi connectivity index (χ3n) is 10.8. The highest BCUT2D eigenvalue weighted by molar-refractivity contribution is 7.99. The number of hydrogen-bond donors (Lipinski definition) is 3. The van der Waals surface area contributed by atoms with Crippen molar-refractivity contribution < 1.29 is 37.2 Å². The molecule has 0 saturated heterocycles. The molecule has 3 aromatic carbocycles. The fraction of sp³-hybridized carbons (Fsp3) is 0.296. The fourth-order valence-electron chi connectivity index (χ4n) is 6.39. The van der Waals surface area contributed by atoms with E-state index in [0.29, 0.717) is 63.8 Å². The summed E-state index contributed by atoms with van der Waals surface area (Å²) in [5.74, 6) is 0.860. The maximum absolute atomic E-state index is 12.3. The first-order chi connectivity index (χ1) is 39.0. The molecular weight excluding hydrogens is 1170 g/mol. The van der Waals surface area contributed by atoms with Crippen LogP contribution in [0.4, 0.5) is 15.4 Å². The number of thioether (sulfide) groups is 3. The van der Waals surface area contributed by atoms with Gasteiger partial charge in [-0.05, 0) is 129 Å². The maximum atomic E-state index is 12.3. The highest BCUT2D eigenvalue weighted by Crippen LogP contribution is 2.25. The van der Waals surface area contributed by atoms with Crippen molar-refractivity contribution >= 4 is 149 Å². The predicted molar refractivity (Wildman–Crippen MR) is 328 cm³/mol. The fourth-order valence-corrected chi connectivity index (χ4v) is 10.2. The molecule has 0 aliphatic heterocycles. The first-order valence-corrected chi connectivity index (χ1v) is 30.0. The molecule has 0 fully saturated rings. The van der Waals surface area contributed by atoms with Crippen LogP contribution in [0, 0.1) is 41.5 Å². The predicted octanol–water partition coefficient (Wildman–Crippen LogP) is 10.3. The second-order valence-electron chi connectivity index (χ2n) is 17.7. The van der Waals surface area contributed by atoms with Gasteiger partial charge in [0.25, 0.3) is 17.7 Å². The summed E-state index contributed by atoms with van der Waals surface area (Å²) in [6.07, 6.45) is 1.50. The number of aryl methyl sites for hydroxylation is 6. The number of rotatable bonds is 14. The normalized spacial score (nSPS) is 10.5. The van der Waals surface area contributed by atoms with Crippen LogP contribution >= 0.6 is 69.9 Å². The topological polar surface area (TPSA) is 296 Å². The molecule has 0 atom stereocenters. The maximum Gasteiger partial charge on any atom is 0.293 e. The minimum Gasteiger partial charge on any atom is -0.451 e. The van der Waals surface area contributed by atoms with Crippen LogP contribution in [0.3, 0.4) is 0 Å². The number of aromatic nitrogens is 6. The van der Waals surface area contributed by atoms with E-state index >= 15 is 0 Å². The van der Waals surface area contributed by atoms with Gasteiger partial charge in [-0.15, -0.1) is 0 Å². The van der Waals surface area contributed by atoms with Gasteiger partial charge in [-0.25, -0.2) is 0 Å². The molecule has 6 heterocycles. The summed E-state index contributed by atoms with van der Waals surface area (Å²) < 4.78 is 29.2. The van der Waals surface area contributed by atoms with Crippen molar-refractivity contribution in [3.8, 4) is 0 Å². The first kappa shape index (κ1) is 65.2. The van der Waals surface area contributed by atoms with E-state index in [1.807, 2.05) is 62.3 Å². The molecule has 6 aromatic heterocycles. The third-order valence-corrected chi connectivity index (χ3v) is 15.3. The molecule has 3 N–H and O–H groups in total. The molecule has 0 bridgehead atoms. The standard InChI is InChI=1S/3C16H15N3O3S2.2C3H7NO/c3*1-4-23-16-18-15(24-19-16)17-14(21)13-7-11(20)10-5-8(2)9(3)6-12(10)22-13;2*1-4(2)3-5/h3*5-7H,4H2,1-3H3,(H,17,18,19,21);2*3H,1-2H3. The second-order valence-corrected chi connectivity index (χ2v) is 23.6. The number of benzene rings is 3. The van der Waals surface area contributed by atoms with Gasteiger partial charge in [0, 0.05) is 81.0 Å². The van der Waals surface area contributed by atoms with E-state index in [1.54, 1.807) is 64.6 Å². The van der Waals surface area contributed by atoms with Crippen molar-refractivity contribution in [1.82, 2.24) is 37.9 Å². The zero-order chi connectivity index (χ0) is 60.4. The van der Waals surface area contributed by atoms with Gasteiger partial charge in [-0.1, -0.05) is 56.1 Å². The molecule has 432 valence electrons. The number of fused-ring (bicyclic) bond motifs is 3. The summed E-state index contributed by atoms with van der Waals surface area (Å²) in [4.78, 5) is 108. The molecule has 82 heavy (non-hydrogen) atoms. The Morgan fingerprint density at radius 2 is 0.683 bits per heavy atom. The van der Waals surface area contributed by atoms with Crippen LogP contribution in [0.2, 0.25) is 0 Å². The van der Waals surface area contributed by atoms with Crippen LogP contribution in [0.15, 0.2) is 97.7 Å². The van der Waals surface area contributed by atoms with Crippen molar-refractivity contribution in [1.29, 1.82) is 0 Å². The number of nitrogens with one attached hydrogen (secondary N) is 3. The zero-order valence-corrected chi connectivity index (χ0v) is 51.9. The third kappa shape index (κ3) is 18.7. The lowest BCUT2D eigenvalue weighted by molar-refractivity contribution is -0.116. The van der Waals surface area contributed by atoms with Crippen molar-refractivity contribution in [2.24, 2.45) is 0 Å². The van der Waals surface area contributed by atoms with Crippen LogP contribution in [0.5, 0.6) is 0 Å². The molecule has 5 amide bonds. The van der Waals surface area contributed by atoms with Crippen molar-refractivity contribution in [2.45, 2.75) is 77.8 Å². The average Bonchev–Trinajstić information content (AvgIpc) is 4.24.